The topological polar surface area (TPSA) is 128 Å². The number of hydrogen-bond acceptors (Lipinski definition) is 8. The second-order valence-electron chi connectivity index (χ2n) is 8.44. The van der Waals surface area contributed by atoms with Gasteiger partial charge in [-0.05, 0) is 73.5 Å². The Hall–Kier alpha value is -4.90. The van der Waals surface area contributed by atoms with Crippen LogP contribution in [-0.2, 0) is 26.1 Å². The van der Waals surface area contributed by atoms with Crippen LogP contribution in [0.1, 0.15) is 18.1 Å². The molecule has 3 aromatic carbocycles. The number of hydrogen-bond donors (Lipinski definition) is 1. The van der Waals surface area contributed by atoms with E-state index in [1.54, 1.807) is 42.5 Å². The zero-order valence-corrected chi connectivity index (χ0v) is 22.6. The summed E-state index contributed by atoms with van der Waals surface area (Å²) in [6.07, 6.45) is 3.01. The van der Waals surface area contributed by atoms with Crippen LogP contribution in [0.5, 0.6) is 17.2 Å². The van der Waals surface area contributed by atoms with Crippen LogP contribution in [0.3, 0.4) is 0 Å². The normalized spacial score (nSPS) is 14.6. The average Bonchev–Trinajstić information content (AvgIpc) is 2.93. The lowest BCUT2D eigenvalue weighted by atomic mass is 10.0. The van der Waals surface area contributed by atoms with E-state index in [4.69, 9.17) is 13.7 Å². The van der Waals surface area contributed by atoms with Gasteiger partial charge < -0.3 is 13.7 Å². The minimum atomic E-state index is -4.20. The third kappa shape index (κ3) is 5.89. The van der Waals surface area contributed by atoms with Crippen LogP contribution in [0, 0.1) is 0 Å². The zero-order chi connectivity index (χ0) is 28.9. The summed E-state index contributed by atoms with van der Waals surface area (Å²) in [7, 11) is -2.87. The van der Waals surface area contributed by atoms with Crippen LogP contribution in [-0.4, -0.2) is 40.0 Å². The van der Waals surface area contributed by atoms with E-state index in [9.17, 15) is 22.8 Å². The van der Waals surface area contributed by atoms with Crippen LogP contribution in [0.2, 0.25) is 0 Å². The number of amides is 4. The molecule has 1 saturated heterocycles. The number of anilines is 1. The van der Waals surface area contributed by atoms with Crippen molar-refractivity contribution in [2.24, 2.45) is 0 Å². The number of carbonyl (C=O) groups is 3. The number of allylic oxidation sites excluding steroid dienone is 1. The molecule has 0 atom stereocenters. The maximum atomic E-state index is 13.3. The van der Waals surface area contributed by atoms with Crippen LogP contribution < -0.4 is 23.9 Å². The molecular weight excluding hydrogens is 536 g/mol. The summed E-state index contributed by atoms with van der Waals surface area (Å²) >= 11 is 0. The second kappa shape index (κ2) is 11.9. The van der Waals surface area contributed by atoms with Crippen molar-refractivity contribution in [1.29, 1.82) is 0 Å². The first-order valence-corrected chi connectivity index (χ1v) is 13.5. The third-order valence-corrected chi connectivity index (χ3v) is 7.02. The highest BCUT2D eigenvalue weighted by Crippen LogP contribution is 2.37. The van der Waals surface area contributed by atoms with Crippen molar-refractivity contribution in [3.63, 3.8) is 0 Å². The van der Waals surface area contributed by atoms with Gasteiger partial charge in [-0.3, -0.25) is 14.9 Å². The fraction of sp³-hybridized carbons (Fsp3) is 0.138. The Balaban J connectivity index is 1.73. The lowest BCUT2D eigenvalue weighted by Gasteiger charge is -2.26. The molecule has 3 aromatic rings. The quantitative estimate of drug-likeness (QED) is 0.168. The summed E-state index contributed by atoms with van der Waals surface area (Å²) in [4.78, 5) is 39.4. The number of ether oxygens (including phenoxy) is 2. The molecule has 0 unspecified atom stereocenters. The largest absolute Gasteiger partial charge is 0.494 e. The summed E-state index contributed by atoms with van der Waals surface area (Å²) < 4.78 is 42.1. The van der Waals surface area contributed by atoms with E-state index in [-0.39, 0.29) is 34.1 Å². The zero-order valence-electron chi connectivity index (χ0n) is 21.7. The second-order valence-corrected chi connectivity index (χ2v) is 9.99. The van der Waals surface area contributed by atoms with Gasteiger partial charge in [-0.1, -0.05) is 24.3 Å². The molecule has 206 valence electrons. The van der Waals surface area contributed by atoms with Crippen LogP contribution >= 0.6 is 0 Å². The number of nitrogens with zero attached hydrogens (tertiary/aromatic N) is 1. The van der Waals surface area contributed by atoms with Crippen LogP contribution in [0.15, 0.2) is 89.9 Å². The van der Waals surface area contributed by atoms with Gasteiger partial charge in [0.1, 0.15) is 16.2 Å². The lowest BCUT2D eigenvalue weighted by Crippen LogP contribution is -2.54. The van der Waals surface area contributed by atoms with E-state index < -0.39 is 28.0 Å². The summed E-state index contributed by atoms with van der Waals surface area (Å²) in [5.74, 6) is -1.17. The third-order valence-electron chi connectivity index (χ3n) is 5.78. The van der Waals surface area contributed by atoms with E-state index in [1.807, 2.05) is 6.92 Å². The molecule has 10 nitrogen and oxygen atoms in total. The first kappa shape index (κ1) is 28.1. The molecule has 1 aliphatic rings. The van der Waals surface area contributed by atoms with Gasteiger partial charge in [-0.25, -0.2) is 9.69 Å². The molecular formula is C29H26N2O8S. The standard InChI is InChI=1S/C29H26N2O8S/c1-4-9-20-16-19(18-25(37-3)26(20)39-40(35,36)23-10-7-6-8-11-23)17-24-27(32)30-29(34)31(28(24)33)21-12-14-22(15-13-21)38-5-2/h4,6-8,10-18H,1,5,9H2,2-3H3,(H,30,32,34)/b24-17+. The number of benzene rings is 3. The SMILES string of the molecule is C=CCc1cc(/C=C2\C(=O)NC(=O)N(c3ccc(OCC)cc3)C2=O)cc(OC)c1OS(=O)(=O)c1ccccc1. The van der Waals surface area contributed by atoms with Crippen molar-refractivity contribution < 1.29 is 36.5 Å². The predicted octanol–water partition coefficient (Wildman–Crippen LogP) is 4.26. The Bertz CT molecular complexity index is 1600. The van der Waals surface area contributed by atoms with E-state index in [0.29, 0.717) is 23.5 Å². The van der Waals surface area contributed by atoms with Crippen molar-refractivity contribution in [2.75, 3.05) is 18.6 Å². The van der Waals surface area contributed by atoms with Crippen molar-refractivity contribution in [3.8, 4) is 17.2 Å². The minimum absolute atomic E-state index is 0.0451. The molecule has 1 N–H and O–H groups in total. The molecule has 0 radical (unpaired) electrons. The Labute approximate surface area is 231 Å². The highest BCUT2D eigenvalue weighted by molar-refractivity contribution is 7.87. The fourth-order valence-electron chi connectivity index (χ4n) is 3.98. The first-order valence-electron chi connectivity index (χ1n) is 12.1. The first-order chi connectivity index (χ1) is 19.2. The van der Waals surface area contributed by atoms with Gasteiger partial charge in [0, 0.05) is 5.56 Å². The number of methoxy groups -OCH3 is 1. The van der Waals surface area contributed by atoms with E-state index in [2.05, 4.69) is 11.9 Å². The molecule has 1 aliphatic heterocycles. The fourth-order valence-corrected chi connectivity index (χ4v) is 4.98. The number of urea groups is 1. The molecule has 1 heterocycles. The van der Waals surface area contributed by atoms with Gasteiger partial charge in [-0.15, -0.1) is 6.58 Å². The Morgan fingerprint density at radius 3 is 2.33 bits per heavy atom. The Morgan fingerprint density at radius 2 is 1.70 bits per heavy atom. The number of nitrogens with one attached hydrogen (secondary N) is 1. The highest BCUT2D eigenvalue weighted by atomic mass is 32.2. The van der Waals surface area contributed by atoms with Crippen LogP contribution in [0.4, 0.5) is 10.5 Å². The number of rotatable bonds is 10. The summed E-state index contributed by atoms with van der Waals surface area (Å²) in [6.45, 7) is 5.99. The number of carbonyl (C=O) groups excluding carboxylic acids is 3. The van der Waals surface area contributed by atoms with Gasteiger partial charge in [0.25, 0.3) is 11.8 Å². The molecule has 4 amide bonds. The van der Waals surface area contributed by atoms with Gasteiger partial charge in [-0.2, -0.15) is 8.42 Å². The lowest BCUT2D eigenvalue weighted by molar-refractivity contribution is -0.122. The van der Waals surface area contributed by atoms with Crippen molar-refractivity contribution in [3.05, 3.63) is 96.1 Å². The average molecular weight is 563 g/mol. The molecule has 0 spiro atoms. The van der Waals surface area contributed by atoms with E-state index in [1.165, 1.54) is 43.5 Å². The van der Waals surface area contributed by atoms with E-state index in [0.717, 1.165) is 4.90 Å². The van der Waals surface area contributed by atoms with Gasteiger partial charge in [0.05, 0.1) is 19.4 Å². The Kier molecular flexibility index (Phi) is 8.34. The molecule has 1 fully saturated rings. The molecule has 11 heteroatoms. The summed E-state index contributed by atoms with van der Waals surface area (Å²) in [5, 5.41) is 2.17. The van der Waals surface area contributed by atoms with Gasteiger partial charge in [0.2, 0.25) is 0 Å². The van der Waals surface area contributed by atoms with E-state index >= 15 is 0 Å². The molecule has 0 aromatic heterocycles. The van der Waals surface area contributed by atoms with Crippen molar-refractivity contribution >= 4 is 39.7 Å². The molecule has 40 heavy (non-hydrogen) atoms. The van der Waals surface area contributed by atoms with Crippen LogP contribution in [0.25, 0.3) is 6.08 Å². The number of barbiturate groups is 1. The van der Waals surface area contributed by atoms with Crippen molar-refractivity contribution in [2.45, 2.75) is 18.2 Å². The summed E-state index contributed by atoms with van der Waals surface area (Å²) in [6, 6.07) is 16.0. The minimum Gasteiger partial charge on any atom is -0.494 e. The van der Waals surface area contributed by atoms with Crippen molar-refractivity contribution in [1.82, 2.24) is 5.32 Å². The summed E-state index contributed by atoms with van der Waals surface area (Å²) in [5.41, 5.74) is 0.635. The Morgan fingerprint density at radius 1 is 1.00 bits per heavy atom. The van der Waals surface area contributed by atoms with Gasteiger partial charge in [0.15, 0.2) is 11.5 Å². The number of imide groups is 2. The molecule has 4 rings (SSSR count). The maximum absolute atomic E-state index is 13.3. The molecule has 0 saturated carbocycles. The predicted molar refractivity (Wildman–Crippen MR) is 148 cm³/mol. The monoisotopic (exact) mass is 562 g/mol. The highest BCUT2D eigenvalue weighted by Gasteiger charge is 2.37. The molecule has 0 aliphatic carbocycles. The smallest absolute Gasteiger partial charge is 0.339 e. The maximum Gasteiger partial charge on any atom is 0.339 e. The van der Waals surface area contributed by atoms with Gasteiger partial charge >= 0.3 is 16.1 Å². The molecule has 0 bridgehead atoms.